The molecule has 146 valence electrons. The average molecular weight is 403 g/mol. The molecule has 0 atom stereocenters. The Morgan fingerprint density at radius 1 is 1.17 bits per heavy atom. The summed E-state index contributed by atoms with van der Waals surface area (Å²) in [6, 6.07) is 5.75. The van der Waals surface area contributed by atoms with Crippen LogP contribution in [0, 0.1) is 23.0 Å². The van der Waals surface area contributed by atoms with Crippen molar-refractivity contribution >= 4 is 28.0 Å². The molecule has 4 aromatic heterocycles. The highest BCUT2D eigenvalue weighted by atomic mass is 19.1. The molecule has 0 aliphatic carbocycles. The number of aromatic amines is 1. The molecule has 0 unspecified atom stereocenters. The molecule has 4 heterocycles. The van der Waals surface area contributed by atoms with Gasteiger partial charge >= 0.3 is 0 Å². The number of anilines is 1. The predicted octanol–water partition coefficient (Wildman–Crippen LogP) is 2.85. The summed E-state index contributed by atoms with van der Waals surface area (Å²) in [5.74, 6) is -0.367. The second kappa shape index (κ2) is 6.85. The molecule has 0 saturated heterocycles. The van der Waals surface area contributed by atoms with Crippen LogP contribution in [0.2, 0.25) is 0 Å². The first-order chi connectivity index (χ1) is 14.7. The third kappa shape index (κ3) is 2.78. The van der Waals surface area contributed by atoms with Crippen molar-refractivity contribution in [3.05, 3.63) is 66.3 Å². The number of aromatic nitrogens is 7. The fraction of sp³-hybridized carbons (Fsp3) is 0.0526. The molecule has 0 spiro atoms. The fourth-order valence-corrected chi connectivity index (χ4v) is 3.28. The van der Waals surface area contributed by atoms with Crippen LogP contribution in [0.15, 0.2) is 43.2 Å². The number of nitriles is 1. The van der Waals surface area contributed by atoms with Crippen molar-refractivity contribution in [2.75, 3.05) is 5.32 Å². The van der Waals surface area contributed by atoms with Crippen molar-refractivity contribution in [1.82, 2.24) is 34.5 Å². The fourth-order valence-electron chi connectivity index (χ4n) is 3.28. The Bertz CT molecular complexity index is 1450. The van der Waals surface area contributed by atoms with E-state index in [1.54, 1.807) is 0 Å². The van der Waals surface area contributed by atoms with E-state index in [-0.39, 0.29) is 17.6 Å². The summed E-state index contributed by atoms with van der Waals surface area (Å²) in [4.78, 5) is 23.7. The second-order valence-electron chi connectivity index (χ2n) is 6.30. The Hall–Kier alpha value is -4.46. The number of nitrogens with one attached hydrogen (secondary N) is 2. The molecular weight excluding hydrogens is 392 g/mol. The summed E-state index contributed by atoms with van der Waals surface area (Å²) in [6.07, 6.45) is 5.34. The lowest BCUT2D eigenvalue weighted by Crippen LogP contribution is -2.10. The van der Waals surface area contributed by atoms with E-state index in [1.165, 1.54) is 41.6 Å². The summed E-state index contributed by atoms with van der Waals surface area (Å²) in [6.45, 7) is 0.142. The van der Waals surface area contributed by atoms with Crippen LogP contribution in [0.25, 0.3) is 27.9 Å². The van der Waals surface area contributed by atoms with Gasteiger partial charge in [-0.3, -0.25) is 9.55 Å². The Balaban J connectivity index is 1.67. The molecule has 9 nitrogen and oxygen atoms in total. The molecule has 0 saturated carbocycles. The number of H-pyrrole nitrogens is 1. The molecule has 1 aromatic carbocycles. The van der Waals surface area contributed by atoms with Crippen LogP contribution in [-0.2, 0) is 6.54 Å². The Kier molecular flexibility index (Phi) is 4.03. The zero-order chi connectivity index (χ0) is 20.7. The summed E-state index contributed by atoms with van der Waals surface area (Å²) in [5, 5.41) is 12.6. The molecule has 11 heteroatoms. The molecule has 0 aliphatic rings. The number of fused-ring (bicyclic) bond motifs is 2. The largest absolute Gasteiger partial charge is 0.361 e. The standard InChI is InChI=1S/C19H11F2N9/c20-10-3-11(6-23-5-10)30-15(29-14-2-1-13(21)12(4-22)17(14)30)7-24-18-16-19(26-8-25-16)28-9-27-18/h1-3,5-6,8-9H,7H2,(H2,24,25,26,27,28). The second-order valence-corrected chi connectivity index (χ2v) is 6.30. The molecule has 5 rings (SSSR count). The maximum atomic E-state index is 14.3. The third-order valence-corrected chi connectivity index (χ3v) is 4.53. The quantitative estimate of drug-likeness (QED) is 0.473. The lowest BCUT2D eigenvalue weighted by atomic mass is 10.2. The van der Waals surface area contributed by atoms with E-state index in [2.05, 4.69) is 35.2 Å². The minimum Gasteiger partial charge on any atom is -0.361 e. The number of imidazole rings is 2. The molecule has 0 bridgehead atoms. The number of benzene rings is 1. The van der Waals surface area contributed by atoms with Crippen molar-refractivity contribution in [2.45, 2.75) is 6.54 Å². The maximum absolute atomic E-state index is 14.3. The van der Waals surface area contributed by atoms with Crippen molar-refractivity contribution in [3.63, 3.8) is 0 Å². The summed E-state index contributed by atoms with van der Waals surface area (Å²) >= 11 is 0. The SMILES string of the molecule is N#Cc1c(F)ccc2nc(CNc3ncnc4nc[nH]c34)n(-c3cncc(F)c3)c12. The lowest BCUT2D eigenvalue weighted by Gasteiger charge is -2.11. The number of nitrogens with zero attached hydrogens (tertiary/aromatic N) is 7. The van der Waals surface area contributed by atoms with Gasteiger partial charge in [-0.05, 0) is 12.1 Å². The number of pyridine rings is 1. The minimum atomic E-state index is -0.690. The van der Waals surface area contributed by atoms with E-state index in [0.717, 1.165) is 6.20 Å². The van der Waals surface area contributed by atoms with Crippen molar-refractivity contribution in [1.29, 1.82) is 5.26 Å². The minimum absolute atomic E-state index is 0.142. The molecule has 0 radical (unpaired) electrons. The molecule has 5 aromatic rings. The highest BCUT2D eigenvalue weighted by Crippen LogP contribution is 2.27. The van der Waals surface area contributed by atoms with Gasteiger partial charge in [-0.15, -0.1) is 0 Å². The summed E-state index contributed by atoms with van der Waals surface area (Å²) < 4.78 is 29.7. The Labute approximate surface area is 167 Å². The van der Waals surface area contributed by atoms with Gasteiger partial charge in [-0.25, -0.2) is 28.7 Å². The average Bonchev–Trinajstić information content (AvgIpc) is 3.37. The van der Waals surface area contributed by atoms with Gasteiger partial charge in [0.25, 0.3) is 0 Å². The maximum Gasteiger partial charge on any atom is 0.182 e. The Morgan fingerprint density at radius 3 is 2.90 bits per heavy atom. The first kappa shape index (κ1) is 17.6. The van der Waals surface area contributed by atoms with Crippen LogP contribution in [0.5, 0.6) is 0 Å². The third-order valence-electron chi connectivity index (χ3n) is 4.53. The number of hydrogen-bond donors (Lipinski definition) is 2. The van der Waals surface area contributed by atoms with Crippen LogP contribution in [0.4, 0.5) is 14.6 Å². The van der Waals surface area contributed by atoms with Crippen LogP contribution >= 0.6 is 0 Å². The summed E-state index contributed by atoms with van der Waals surface area (Å²) in [7, 11) is 0. The molecule has 0 aliphatic heterocycles. The number of rotatable bonds is 4. The number of hydrogen-bond acceptors (Lipinski definition) is 7. The smallest absolute Gasteiger partial charge is 0.182 e. The normalized spacial score (nSPS) is 11.1. The van der Waals surface area contributed by atoms with Crippen molar-refractivity contribution in [3.8, 4) is 11.8 Å². The van der Waals surface area contributed by atoms with E-state index in [9.17, 15) is 14.0 Å². The van der Waals surface area contributed by atoms with Gasteiger partial charge in [-0.2, -0.15) is 5.26 Å². The number of halogens is 2. The van der Waals surface area contributed by atoms with Gasteiger partial charge in [0, 0.05) is 6.07 Å². The first-order valence-electron chi connectivity index (χ1n) is 8.74. The zero-order valence-corrected chi connectivity index (χ0v) is 15.1. The van der Waals surface area contributed by atoms with E-state index in [1.807, 2.05) is 6.07 Å². The monoisotopic (exact) mass is 403 g/mol. The molecule has 2 N–H and O–H groups in total. The van der Waals surface area contributed by atoms with Gasteiger partial charge < -0.3 is 10.3 Å². The van der Waals surface area contributed by atoms with E-state index in [4.69, 9.17) is 0 Å². The van der Waals surface area contributed by atoms with E-state index in [0.29, 0.717) is 34.0 Å². The van der Waals surface area contributed by atoms with E-state index < -0.39 is 11.6 Å². The van der Waals surface area contributed by atoms with Gasteiger partial charge in [0.2, 0.25) is 0 Å². The topological polar surface area (TPSA) is 121 Å². The van der Waals surface area contributed by atoms with E-state index >= 15 is 0 Å². The first-order valence-corrected chi connectivity index (χ1v) is 8.74. The predicted molar refractivity (Wildman–Crippen MR) is 103 cm³/mol. The van der Waals surface area contributed by atoms with Crippen LogP contribution in [0.3, 0.4) is 0 Å². The van der Waals surface area contributed by atoms with Crippen molar-refractivity contribution < 1.29 is 8.78 Å². The summed E-state index contributed by atoms with van der Waals surface area (Å²) in [5.41, 5.74) is 1.85. The lowest BCUT2D eigenvalue weighted by molar-refractivity contribution is 0.619. The highest BCUT2D eigenvalue weighted by molar-refractivity contribution is 5.85. The Morgan fingerprint density at radius 2 is 2.07 bits per heavy atom. The highest BCUT2D eigenvalue weighted by Gasteiger charge is 2.19. The zero-order valence-electron chi connectivity index (χ0n) is 15.1. The van der Waals surface area contributed by atoms with Gasteiger partial charge in [-0.1, -0.05) is 0 Å². The molecule has 0 fully saturated rings. The molecule has 0 amide bonds. The van der Waals surface area contributed by atoms with Crippen LogP contribution in [-0.4, -0.2) is 34.5 Å². The molecular formula is C19H11F2N9. The van der Waals surface area contributed by atoms with Gasteiger partial charge in [0.05, 0.1) is 42.0 Å². The van der Waals surface area contributed by atoms with Crippen LogP contribution < -0.4 is 5.32 Å². The van der Waals surface area contributed by atoms with Crippen LogP contribution in [0.1, 0.15) is 11.4 Å². The van der Waals surface area contributed by atoms with Gasteiger partial charge in [0.1, 0.15) is 40.9 Å². The van der Waals surface area contributed by atoms with Crippen molar-refractivity contribution in [2.24, 2.45) is 0 Å². The van der Waals surface area contributed by atoms with Gasteiger partial charge in [0.15, 0.2) is 11.5 Å². The molecule has 30 heavy (non-hydrogen) atoms.